The highest BCUT2D eigenvalue weighted by atomic mass is 16.2. The Kier molecular flexibility index (Phi) is 6.89. The largest absolute Gasteiger partial charge is 0.326 e. The Bertz CT molecular complexity index is 838. The molecule has 2 amide bonds. The smallest absolute Gasteiger partial charge is 0.226 e. The molecule has 0 bridgehead atoms. The van der Waals surface area contributed by atoms with Gasteiger partial charge in [0.2, 0.25) is 11.8 Å². The predicted octanol–water partition coefficient (Wildman–Crippen LogP) is 5.66. The normalized spacial score (nSPS) is 11.8. The molecule has 0 aliphatic rings. The highest BCUT2D eigenvalue weighted by molar-refractivity contribution is 5.94. The summed E-state index contributed by atoms with van der Waals surface area (Å²) >= 11 is 0. The zero-order valence-corrected chi connectivity index (χ0v) is 18.8. The van der Waals surface area contributed by atoms with Crippen molar-refractivity contribution >= 4 is 23.2 Å². The molecule has 0 unspecified atom stereocenters. The van der Waals surface area contributed by atoms with Crippen molar-refractivity contribution in [3.8, 4) is 0 Å². The molecule has 0 heterocycles. The summed E-state index contributed by atoms with van der Waals surface area (Å²) in [6.45, 7) is 14.8. The van der Waals surface area contributed by atoms with Gasteiger partial charge in [0.15, 0.2) is 0 Å². The van der Waals surface area contributed by atoms with Crippen molar-refractivity contribution in [3.05, 3.63) is 59.7 Å². The Morgan fingerprint density at radius 1 is 0.793 bits per heavy atom. The molecule has 4 heteroatoms. The van der Waals surface area contributed by atoms with Crippen molar-refractivity contribution in [3.63, 3.8) is 0 Å². The Labute approximate surface area is 175 Å². The first-order valence-corrected chi connectivity index (χ1v) is 10.2. The molecule has 2 aromatic carbocycles. The van der Waals surface area contributed by atoms with Crippen LogP contribution in [0.5, 0.6) is 0 Å². The van der Waals surface area contributed by atoms with Gasteiger partial charge in [0, 0.05) is 31.3 Å². The molecule has 29 heavy (non-hydrogen) atoms. The average molecular weight is 395 g/mol. The minimum absolute atomic E-state index is 0.0575. The molecule has 2 aromatic rings. The van der Waals surface area contributed by atoms with E-state index in [-0.39, 0.29) is 29.1 Å². The highest BCUT2D eigenvalue weighted by Gasteiger charge is 2.17. The quantitative estimate of drug-likeness (QED) is 0.711. The summed E-state index contributed by atoms with van der Waals surface area (Å²) in [6, 6.07) is 15.9. The zero-order chi connectivity index (χ0) is 21.8. The highest BCUT2D eigenvalue weighted by Crippen LogP contribution is 2.26. The van der Waals surface area contributed by atoms with E-state index in [4.69, 9.17) is 0 Å². The summed E-state index contributed by atoms with van der Waals surface area (Å²) in [6.07, 6.45) is 0.238. The van der Waals surface area contributed by atoms with Gasteiger partial charge < -0.3 is 10.2 Å². The maximum absolute atomic E-state index is 12.4. The van der Waals surface area contributed by atoms with Crippen LogP contribution in [0.25, 0.3) is 0 Å². The van der Waals surface area contributed by atoms with Gasteiger partial charge in [-0.25, -0.2) is 0 Å². The summed E-state index contributed by atoms with van der Waals surface area (Å²) < 4.78 is 0. The molecule has 0 atom stereocenters. The zero-order valence-electron chi connectivity index (χ0n) is 18.8. The van der Waals surface area contributed by atoms with Crippen molar-refractivity contribution in [2.75, 3.05) is 16.8 Å². The van der Waals surface area contributed by atoms with Crippen molar-refractivity contribution in [1.29, 1.82) is 0 Å². The second kappa shape index (κ2) is 8.81. The van der Waals surface area contributed by atoms with Crippen LogP contribution >= 0.6 is 0 Å². The molecule has 2 rings (SSSR count). The van der Waals surface area contributed by atoms with Crippen LogP contribution in [0.1, 0.15) is 66.0 Å². The SMILES string of the molecule is CC(=O)N(CCC(=O)Nc1ccc(C(C)(C)C)cc1)c1ccc(C(C)(C)C)cc1. The van der Waals surface area contributed by atoms with E-state index in [0.29, 0.717) is 6.54 Å². The van der Waals surface area contributed by atoms with E-state index in [1.807, 2.05) is 48.5 Å². The summed E-state index contributed by atoms with van der Waals surface area (Å²) in [7, 11) is 0. The lowest BCUT2D eigenvalue weighted by Crippen LogP contribution is -2.32. The van der Waals surface area contributed by atoms with E-state index in [0.717, 1.165) is 11.4 Å². The molecule has 0 aromatic heterocycles. The number of amides is 2. The minimum atomic E-state index is -0.105. The van der Waals surface area contributed by atoms with Crippen molar-refractivity contribution in [2.24, 2.45) is 0 Å². The van der Waals surface area contributed by atoms with Crippen LogP contribution in [0.15, 0.2) is 48.5 Å². The van der Waals surface area contributed by atoms with Crippen molar-refractivity contribution in [2.45, 2.75) is 65.7 Å². The van der Waals surface area contributed by atoms with Gasteiger partial charge in [-0.1, -0.05) is 65.8 Å². The minimum Gasteiger partial charge on any atom is -0.326 e. The second-order valence-corrected chi connectivity index (χ2v) is 9.59. The van der Waals surface area contributed by atoms with E-state index >= 15 is 0 Å². The Balaban J connectivity index is 2.00. The maximum Gasteiger partial charge on any atom is 0.226 e. The van der Waals surface area contributed by atoms with Crippen LogP contribution < -0.4 is 10.2 Å². The van der Waals surface area contributed by atoms with E-state index in [9.17, 15) is 9.59 Å². The third-order valence-corrected chi connectivity index (χ3v) is 5.02. The van der Waals surface area contributed by atoms with Crippen molar-refractivity contribution in [1.82, 2.24) is 0 Å². The van der Waals surface area contributed by atoms with E-state index < -0.39 is 0 Å². The number of carbonyl (C=O) groups excluding carboxylic acids is 2. The number of carbonyl (C=O) groups is 2. The topological polar surface area (TPSA) is 49.4 Å². The maximum atomic E-state index is 12.4. The lowest BCUT2D eigenvalue weighted by atomic mass is 9.87. The first-order chi connectivity index (χ1) is 13.4. The fourth-order valence-electron chi connectivity index (χ4n) is 3.10. The van der Waals surface area contributed by atoms with Crippen LogP contribution in [0.2, 0.25) is 0 Å². The van der Waals surface area contributed by atoms with Gasteiger partial charge in [-0.3, -0.25) is 9.59 Å². The fourth-order valence-corrected chi connectivity index (χ4v) is 3.10. The molecular formula is C25H34N2O2. The summed E-state index contributed by atoms with van der Waals surface area (Å²) in [5.41, 5.74) is 4.15. The standard InChI is InChI=1S/C25H34N2O2/c1-18(28)27(22-14-10-20(11-15-22)25(5,6)7)17-16-23(29)26-21-12-8-19(9-13-21)24(2,3)4/h8-15H,16-17H2,1-7H3,(H,26,29). The van der Waals surface area contributed by atoms with Crippen LogP contribution in [0.3, 0.4) is 0 Å². The molecule has 0 spiro atoms. The van der Waals surface area contributed by atoms with Crippen molar-refractivity contribution < 1.29 is 9.59 Å². The van der Waals surface area contributed by atoms with Crippen LogP contribution in [0.4, 0.5) is 11.4 Å². The number of hydrogen-bond acceptors (Lipinski definition) is 2. The number of anilines is 2. The number of nitrogens with one attached hydrogen (secondary N) is 1. The summed E-state index contributed by atoms with van der Waals surface area (Å²) in [4.78, 5) is 26.2. The van der Waals surface area contributed by atoms with Gasteiger partial charge in [0.25, 0.3) is 0 Å². The number of hydrogen-bond donors (Lipinski definition) is 1. The second-order valence-electron chi connectivity index (χ2n) is 9.59. The molecule has 0 fully saturated rings. The molecule has 4 nitrogen and oxygen atoms in total. The third kappa shape index (κ3) is 6.45. The van der Waals surface area contributed by atoms with E-state index in [1.54, 1.807) is 4.90 Å². The Morgan fingerprint density at radius 2 is 1.24 bits per heavy atom. The summed E-state index contributed by atoms with van der Waals surface area (Å²) in [5, 5.41) is 2.92. The third-order valence-electron chi connectivity index (χ3n) is 5.02. The van der Waals surface area contributed by atoms with Gasteiger partial charge in [-0.2, -0.15) is 0 Å². The van der Waals surface area contributed by atoms with Crippen LogP contribution in [-0.4, -0.2) is 18.4 Å². The predicted molar refractivity (Wildman–Crippen MR) is 122 cm³/mol. The van der Waals surface area contributed by atoms with Crippen LogP contribution in [0, 0.1) is 0 Å². The van der Waals surface area contributed by atoms with Gasteiger partial charge in [0.05, 0.1) is 0 Å². The molecule has 0 aliphatic carbocycles. The monoisotopic (exact) mass is 394 g/mol. The fraction of sp³-hybridized carbons (Fsp3) is 0.440. The first-order valence-electron chi connectivity index (χ1n) is 10.2. The van der Waals surface area contributed by atoms with Gasteiger partial charge in [0.1, 0.15) is 0 Å². The molecular weight excluding hydrogens is 360 g/mol. The number of benzene rings is 2. The molecule has 0 saturated carbocycles. The molecule has 0 radical (unpaired) electrons. The van der Waals surface area contributed by atoms with Gasteiger partial charge in [-0.15, -0.1) is 0 Å². The Hall–Kier alpha value is -2.62. The molecule has 0 aliphatic heterocycles. The number of rotatable bonds is 5. The number of nitrogens with zero attached hydrogens (tertiary/aromatic N) is 1. The van der Waals surface area contributed by atoms with E-state index in [2.05, 4.69) is 46.9 Å². The molecule has 156 valence electrons. The lowest BCUT2D eigenvalue weighted by molar-refractivity contribution is -0.117. The lowest BCUT2D eigenvalue weighted by Gasteiger charge is -2.24. The average Bonchev–Trinajstić information content (AvgIpc) is 2.61. The first kappa shape index (κ1) is 22.7. The Morgan fingerprint density at radius 3 is 1.66 bits per heavy atom. The van der Waals surface area contributed by atoms with Crippen LogP contribution in [-0.2, 0) is 20.4 Å². The van der Waals surface area contributed by atoms with E-state index in [1.165, 1.54) is 18.1 Å². The molecule has 1 N–H and O–H groups in total. The van der Waals surface area contributed by atoms with Gasteiger partial charge >= 0.3 is 0 Å². The molecule has 0 saturated heterocycles. The summed E-state index contributed by atoms with van der Waals surface area (Å²) in [5.74, 6) is -0.179. The van der Waals surface area contributed by atoms with Gasteiger partial charge in [-0.05, 0) is 46.2 Å².